The Labute approximate surface area is 208 Å². The van der Waals surface area contributed by atoms with Crippen LogP contribution in [0.1, 0.15) is 12.1 Å². The van der Waals surface area contributed by atoms with Gasteiger partial charge in [-0.1, -0.05) is 6.08 Å². The Kier molecular flexibility index (Phi) is 13.3. The highest BCUT2D eigenvalue weighted by atomic mass is 32.1. The lowest BCUT2D eigenvalue weighted by Gasteiger charge is -2.32. The molecule has 34 heavy (non-hydrogen) atoms. The lowest BCUT2D eigenvalue weighted by atomic mass is 10.1. The molecule has 1 aromatic heterocycles. The van der Waals surface area contributed by atoms with E-state index < -0.39 is 0 Å². The van der Waals surface area contributed by atoms with Crippen LogP contribution >= 0.6 is 11.7 Å². The first kappa shape index (κ1) is 27.4. The van der Waals surface area contributed by atoms with Crippen LogP contribution in [-0.2, 0) is 18.9 Å². The van der Waals surface area contributed by atoms with Crippen molar-refractivity contribution >= 4 is 17.3 Å². The molecule has 0 saturated carbocycles. The van der Waals surface area contributed by atoms with Gasteiger partial charge >= 0.3 is 0 Å². The van der Waals surface area contributed by atoms with Gasteiger partial charge in [0.25, 0.3) is 5.88 Å². The highest BCUT2D eigenvalue weighted by Crippen LogP contribution is 2.26. The van der Waals surface area contributed by atoms with Crippen LogP contribution in [0.15, 0.2) is 6.08 Å². The van der Waals surface area contributed by atoms with E-state index in [0.29, 0.717) is 58.7 Å². The summed E-state index contributed by atoms with van der Waals surface area (Å²) >= 11 is 1.19. The molecule has 0 aliphatic carbocycles. The third-order valence-electron chi connectivity index (χ3n) is 5.83. The van der Waals surface area contributed by atoms with E-state index in [2.05, 4.69) is 43.6 Å². The van der Waals surface area contributed by atoms with Gasteiger partial charge in [-0.3, -0.25) is 4.90 Å². The Bertz CT molecular complexity index is 699. The van der Waals surface area contributed by atoms with Gasteiger partial charge in [0.15, 0.2) is 0 Å². The monoisotopic (exact) mass is 499 g/mol. The second-order valence-electron chi connectivity index (χ2n) is 8.62. The maximum atomic E-state index is 5.78. The number of likely N-dealkylation sites (N-methyl/N-ethyl adjacent to an activating group) is 2. The first-order valence-electron chi connectivity index (χ1n) is 12.3. The van der Waals surface area contributed by atoms with Crippen molar-refractivity contribution in [1.29, 1.82) is 0 Å². The fraction of sp³-hybridized carbons (Fsp3) is 0.826. The first-order valence-corrected chi connectivity index (χ1v) is 13.0. The average molecular weight is 500 g/mol. The van der Waals surface area contributed by atoms with E-state index >= 15 is 0 Å². The third kappa shape index (κ3) is 10.6. The molecule has 10 nitrogen and oxygen atoms in total. The Morgan fingerprint density at radius 2 is 1.35 bits per heavy atom. The van der Waals surface area contributed by atoms with Gasteiger partial charge in [-0.15, -0.1) is 4.37 Å². The van der Waals surface area contributed by atoms with Gasteiger partial charge in [-0.25, -0.2) is 0 Å². The number of hydrogen-bond donors (Lipinski definition) is 0. The van der Waals surface area contributed by atoms with Crippen molar-refractivity contribution in [2.24, 2.45) is 0 Å². The van der Waals surface area contributed by atoms with Gasteiger partial charge in [0.2, 0.25) is 0 Å². The van der Waals surface area contributed by atoms with Crippen LogP contribution in [0.25, 0.3) is 5.57 Å². The molecular formula is C23H41N5O5S. The minimum atomic E-state index is 0.444. The highest BCUT2D eigenvalue weighted by Gasteiger charge is 2.18. The third-order valence-corrected chi connectivity index (χ3v) is 6.35. The second-order valence-corrected chi connectivity index (χ2v) is 9.15. The van der Waals surface area contributed by atoms with Gasteiger partial charge in [0.1, 0.15) is 12.3 Å². The summed E-state index contributed by atoms with van der Waals surface area (Å²) in [7, 11) is 4.28. The Balaban J connectivity index is 1.07. The molecule has 11 heteroatoms. The van der Waals surface area contributed by atoms with Crippen LogP contribution in [0, 0.1) is 0 Å². The molecule has 0 bridgehead atoms. The van der Waals surface area contributed by atoms with Crippen molar-refractivity contribution < 1.29 is 23.7 Å². The fourth-order valence-corrected chi connectivity index (χ4v) is 4.29. The standard InChI is InChI=1S/C23H41N5O5S/c1-26-6-8-28(9-7-26)10-11-29-12-13-30-14-15-31-16-17-32-18-19-33-23-22(24-34-25-23)21-4-3-5-27(2)20-21/h4H,3,5-20H2,1-2H3. The number of nitrogens with zero attached hydrogens (tertiary/aromatic N) is 5. The van der Waals surface area contributed by atoms with E-state index in [0.717, 1.165) is 64.5 Å². The molecule has 1 fully saturated rings. The average Bonchev–Trinajstić information content (AvgIpc) is 3.31. The molecule has 2 aliphatic heterocycles. The molecule has 1 saturated heterocycles. The molecule has 3 heterocycles. The predicted octanol–water partition coefficient (Wildman–Crippen LogP) is 0.950. The van der Waals surface area contributed by atoms with Gasteiger partial charge in [0.05, 0.1) is 64.6 Å². The number of ether oxygens (including phenoxy) is 5. The molecule has 0 unspecified atom stereocenters. The van der Waals surface area contributed by atoms with Crippen molar-refractivity contribution in [2.75, 3.05) is 119 Å². The van der Waals surface area contributed by atoms with Crippen LogP contribution in [0.4, 0.5) is 0 Å². The van der Waals surface area contributed by atoms with Gasteiger partial charge in [-0.2, -0.15) is 4.37 Å². The number of rotatable bonds is 17. The Hall–Kier alpha value is -1.18. The zero-order valence-corrected chi connectivity index (χ0v) is 21.6. The molecular weight excluding hydrogens is 458 g/mol. The number of piperazine rings is 1. The first-order chi connectivity index (χ1) is 16.7. The molecule has 0 spiro atoms. The van der Waals surface area contributed by atoms with E-state index in [4.69, 9.17) is 23.7 Å². The molecule has 1 aromatic rings. The quantitative estimate of drug-likeness (QED) is 0.289. The van der Waals surface area contributed by atoms with Gasteiger partial charge in [-0.05, 0) is 26.1 Å². The predicted molar refractivity (Wildman–Crippen MR) is 133 cm³/mol. The highest BCUT2D eigenvalue weighted by molar-refractivity contribution is 6.99. The molecule has 0 aromatic carbocycles. The summed E-state index contributed by atoms with van der Waals surface area (Å²) in [5, 5.41) is 0. The van der Waals surface area contributed by atoms with Crippen molar-refractivity contribution in [2.45, 2.75) is 6.42 Å². The van der Waals surface area contributed by atoms with Crippen LogP contribution in [0.3, 0.4) is 0 Å². The smallest absolute Gasteiger partial charge is 0.253 e. The van der Waals surface area contributed by atoms with E-state index in [9.17, 15) is 0 Å². The minimum absolute atomic E-state index is 0.444. The lowest BCUT2D eigenvalue weighted by molar-refractivity contribution is -0.00734. The summed E-state index contributed by atoms with van der Waals surface area (Å²) in [5.74, 6) is 0.604. The molecule has 0 amide bonds. The lowest BCUT2D eigenvalue weighted by Crippen LogP contribution is -2.45. The summed E-state index contributed by atoms with van der Waals surface area (Å²) in [6.45, 7) is 12.6. The SMILES string of the molecule is CN1CCN(CCOCCOCCOCCOCCOc2nsnc2C2=CCCN(C)C2)CC1. The van der Waals surface area contributed by atoms with Gasteiger partial charge in [0, 0.05) is 45.8 Å². The molecule has 3 rings (SSSR count). The largest absolute Gasteiger partial charge is 0.473 e. The fourth-order valence-electron chi connectivity index (χ4n) is 3.76. The van der Waals surface area contributed by atoms with Crippen molar-refractivity contribution in [1.82, 2.24) is 23.4 Å². The molecule has 0 radical (unpaired) electrons. The van der Waals surface area contributed by atoms with Gasteiger partial charge < -0.3 is 33.5 Å². The topological polar surface area (TPSA) is 81.7 Å². The summed E-state index contributed by atoms with van der Waals surface area (Å²) < 4.78 is 36.8. The summed E-state index contributed by atoms with van der Waals surface area (Å²) in [6.07, 6.45) is 3.26. The Morgan fingerprint density at radius 3 is 2.00 bits per heavy atom. The van der Waals surface area contributed by atoms with E-state index in [1.165, 1.54) is 17.3 Å². The van der Waals surface area contributed by atoms with Crippen molar-refractivity contribution in [3.63, 3.8) is 0 Å². The van der Waals surface area contributed by atoms with E-state index in [1.54, 1.807) is 0 Å². The Morgan fingerprint density at radius 1 is 0.735 bits per heavy atom. The minimum Gasteiger partial charge on any atom is -0.473 e. The van der Waals surface area contributed by atoms with E-state index in [1.807, 2.05) is 0 Å². The summed E-state index contributed by atoms with van der Waals surface area (Å²) in [5.41, 5.74) is 2.05. The van der Waals surface area contributed by atoms with Crippen LogP contribution < -0.4 is 4.74 Å². The molecule has 0 N–H and O–H groups in total. The van der Waals surface area contributed by atoms with Crippen LogP contribution in [0.5, 0.6) is 5.88 Å². The number of hydrogen-bond acceptors (Lipinski definition) is 11. The molecule has 0 atom stereocenters. The van der Waals surface area contributed by atoms with Crippen molar-refractivity contribution in [3.05, 3.63) is 11.8 Å². The zero-order valence-electron chi connectivity index (χ0n) is 20.8. The molecule has 2 aliphatic rings. The van der Waals surface area contributed by atoms with Crippen LogP contribution in [-0.4, -0.2) is 143 Å². The summed E-state index contributed by atoms with van der Waals surface area (Å²) in [6, 6.07) is 0. The maximum Gasteiger partial charge on any atom is 0.253 e. The van der Waals surface area contributed by atoms with Crippen LogP contribution in [0.2, 0.25) is 0 Å². The van der Waals surface area contributed by atoms with E-state index in [-0.39, 0.29) is 0 Å². The second kappa shape index (κ2) is 16.5. The summed E-state index contributed by atoms with van der Waals surface area (Å²) in [4.78, 5) is 7.08. The van der Waals surface area contributed by atoms with Crippen molar-refractivity contribution in [3.8, 4) is 5.88 Å². The zero-order chi connectivity index (χ0) is 23.8. The maximum absolute atomic E-state index is 5.78. The number of aromatic nitrogens is 2. The molecule has 194 valence electrons. The normalized spacial score (nSPS) is 18.4.